The molecule has 0 radical (unpaired) electrons. The van der Waals surface area contributed by atoms with Crippen LogP contribution in [0.2, 0.25) is 0 Å². The summed E-state index contributed by atoms with van der Waals surface area (Å²) in [5.41, 5.74) is 2.87. The number of nitrogens with one attached hydrogen (secondary N) is 1. The smallest absolute Gasteiger partial charge is 0.341 e. The van der Waals surface area contributed by atoms with Gasteiger partial charge in [0.25, 0.3) is 0 Å². The molecule has 0 saturated carbocycles. The highest BCUT2D eigenvalue weighted by molar-refractivity contribution is 9.11. The van der Waals surface area contributed by atoms with Gasteiger partial charge in [0.05, 0.1) is 21.3 Å². The van der Waals surface area contributed by atoms with Crippen molar-refractivity contribution in [1.29, 1.82) is 0 Å². The number of furan rings is 1. The molecule has 1 heterocycles. The third-order valence-electron chi connectivity index (χ3n) is 4.72. The average Bonchev–Trinajstić information content (AvgIpc) is 3.08. The molecule has 148 valence electrons. The Balaban J connectivity index is 1.93. The number of hydrogen-bond donors (Lipinski definition) is 2. The van der Waals surface area contributed by atoms with Gasteiger partial charge < -0.3 is 19.6 Å². The molecule has 2 atom stereocenters. The van der Waals surface area contributed by atoms with Crippen LogP contribution in [-0.2, 0) is 4.79 Å². The summed E-state index contributed by atoms with van der Waals surface area (Å²) in [5.74, 6) is -0.201. The first kappa shape index (κ1) is 20.7. The fourth-order valence-corrected chi connectivity index (χ4v) is 4.51. The number of carboxylic acids is 1. The molecular formula is C21H21Br2NO4. The number of carbonyl (C=O) groups is 1. The zero-order valence-electron chi connectivity index (χ0n) is 15.5. The lowest BCUT2D eigenvalue weighted by Gasteiger charge is -2.25. The lowest BCUT2D eigenvalue weighted by atomic mass is 9.92. The van der Waals surface area contributed by atoms with Crippen LogP contribution in [0.4, 0.5) is 5.69 Å². The van der Waals surface area contributed by atoms with Crippen LogP contribution in [0.1, 0.15) is 31.9 Å². The first-order valence-corrected chi connectivity index (χ1v) is 10.6. The van der Waals surface area contributed by atoms with Crippen LogP contribution in [-0.4, -0.2) is 17.7 Å². The molecule has 0 saturated heterocycles. The van der Waals surface area contributed by atoms with Crippen molar-refractivity contribution in [2.75, 3.05) is 11.9 Å². The van der Waals surface area contributed by atoms with E-state index in [2.05, 4.69) is 57.1 Å². The van der Waals surface area contributed by atoms with Gasteiger partial charge in [-0.2, -0.15) is 0 Å². The van der Waals surface area contributed by atoms with Gasteiger partial charge in [-0.3, -0.25) is 0 Å². The molecule has 0 bridgehead atoms. The highest BCUT2D eigenvalue weighted by atomic mass is 79.9. The van der Waals surface area contributed by atoms with Gasteiger partial charge in [-0.05, 0) is 56.0 Å². The topological polar surface area (TPSA) is 71.7 Å². The van der Waals surface area contributed by atoms with Crippen molar-refractivity contribution in [3.8, 4) is 5.75 Å². The second-order valence-corrected chi connectivity index (χ2v) is 8.35. The van der Waals surface area contributed by atoms with Crippen LogP contribution in [0.25, 0.3) is 11.0 Å². The number of para-hydroxylation sites is 1. The van der Waals surface area contributed by atoms with E-state index in [1.165, 1.54) is 0 Å². The Morgan fingerprint density at radius 1 is 1.25 bits per heavy atom. The van der Waals surface area contributed by atoms with Gasteiger partial charge in [0.1, 0.15) is 11.3 Å². The van der Waals surface area contributed by atoms with Crippen LogP contribution >= 0.6 is 31.9 Å². The minimum Gasteiger partial charge on any atom is -0.480 e. The number of hydrogen-bond acceptors (Lipinski definition) is 4. The van der Waals surface area contributed by atoms with Crippen molar-refractivity contribution in [1.82, 2.24) is 0 Å². The van der Waals surface area contributed by atoms with Gasteiger partial charge in [-0.1, -0.05) is 38.5 Å². The van der Waals surface area contributed by atoms with Crippen LogP contribution in [0.5, 0.6) is 5.75 Å². The van der Waals surface area contributed by atoms with E-state index in [1.54, 1.807) is 0 Å². The molecule has 0 spiro atoms. The van der Waals surface area contributed by atoms with E-state index >= 15 is 0 Å². The molecule has 0 fully saturated rings. The van der Waals surface area contributed by atoms with Gasteiger partial charge in [-0.15, -0.1) is 0 Å². The first-order chi connectivity index (χ1) is 13.4. The summed E-state index contributed by atoms with van der Waals surface area (Å²) < 4.78 is 12.4. The van der Waals surface area contributed by atoms with Gasteiger partial charge in [-0.25, -0.2) is 4.79 Å². The lowest BCUT2D eigenvalue weighted by molar-refractivity contribution is -0.139. The van der Waals surface area contributed by atoms with Crippen molar-refractivity contribution in [3.63, 3.8) is 0 Å². The molecule has 5 nitrogen and oxygen atoms in total. The van der Waals surface area contributed by atoms with Crippen LogP contribution < -0.4 is 10.1 Å². The Morgan fingerprint density at radius 2 is 1.93 bits per heavy atom. The molecule has 7 heteroatoms. The SMILES string of the molecule is CCC(C)C(Nc1cc(Br)c(OCC(=O)O)c(Br)c1)c1coc2ccccc12. The van der Waals surface area contributed by atoms with Gasteiger partial charge in [0.2, 0.25) is 0 Å². The average molecular weight is 511 g/mol. The second-order valence-electron chi connectivity index (χ2n) is 6.65. The van der Waals surface area contributed by atoms with E-state index in [-0.39, 0.29) is 6.04 Å². The number of aliphatic carboxylic acids is 1. The molecule has 3 aromatic rings. The minimum atomic E-state index is -1.02. The van der Waals surface area contributed by atoms with Gasteiger partial charge in [0.15, 0.2) is 6.61 Å². The van der Waals surface area contributed by atoms with Crippen LogP contribution in [0, 0.1) is 5.92 Å². The second kappa shape index (κ2) is 9.01. The van der Waals surface area contributed by atoms with Crippen molar-refractivity contribution in [3.05, 3.63) is 57.2 Å². The number of ether oxygens (including phenoxy) is 1. The van der Waals surface area contributed by atoms with E-state index < -0.39 is 12.6 Å². The molecule has 0 aliphatic heterocycles. The predicted molar refractivity (Wildman–Crippen MR) is 117 cm³/mol. The van der Waals surface area contributed by atoms with Crippen LogP contribution in [0.15, 0.2) is 56.0 Å². The maximum atomic E-state index is 10.8. The summed E-state index contributed by atoms with van der Waals surface area (Å²) in [6, 6.07) is 11.8. The van der Waals surface area contributed by atoms with E-state index in [0.717, 1.165) is 28.6 Å². The molecule has 0 aliphatic carbocycles. The molecule has 0 amide bonds. The van der Waals surface area contributed by atoms with E-state index in [1.807, 2.05) is 36.6 Å². The predicted octanol–water partition coefficient (Wildman–Crippen LogP) is 6.62. The highest BCUT2D eigenvalue weighted by Gasteiger charge is 2.23. The summed E-state index contributed by atoms with van der Waals surface area (Å²) >= 11 is 6.95. The normalized spacial score (nSPS) is 13.3. The number of anilines is 1. The summed E-state index contributed by atoms with van der Waals surface area (Å²) in [6.45, 7) is 3.96. The lowest BCUT2D eigenvalue weighted by Crippen LogP contribution is -2.18. The molecule has 2 N–H and O–H groups in total. The maximum Gasteiger partial charge on any atom is 0.341 e. The van der Waals surface area contributed by atoms with E-state index in [4.69, 9.17) is 14.3 Å². The fraction of sp³-hybridized carbons (Fsp3) is 0.286. The van der Waals surface area contributed by atoms with Crippen molar-refractivity contribution in [2.45, 2.75) is 26.3 Å². The largest absolute Gasteiger partial charge is 0.480 e. The summed E-state index contributed by atoms with van der Waals surface area (Å²) in [7, 11) is 0. The van der Waals surface area contributed by atoms with Crippen molar-refractivity contribution in [2.24, 2.45) is 5.92 Å². The van der Waals surface area contributed by atoms with Gasteiger partial charge in [0, 0.05) is 16.6 Å². The molecular weight excluding hydrogens is 490 g/mol. The molecule has 0 aliphatic rings. The molecule has 2 unspecified atom stereocenters. The Morgan fingerprint density at radius 3 is 2.57 bits per heavy atom. The minimum absolute atomic E-state index is 0.0539. The Bertz CT molecular complexity index is 962. The maximum absolute atomic E-state index is 10.8. The summed E-state index contributed by atoms with van der Waals surface area (Å²) in [5, 5.41) is 13.5. The van der Waals surface area contributed by atoms with E-state index in [0.29, 0.717) is 20.6 Å². The number of carboxylic acid groups (broad SMARTS) is 1. The number of halogens is 2. The summed E-state index contributed by atoms with van der Waals surface area (Å²) in [6.07, 6.45) is 2.82. The fourth-order valence-electron chi connectivity index (χ4n) is 3.10. The van der Waals surface area contributed by atoms with Crippen molar-refractivity contribution >= 4 is 54.5 Å². The standard InChI is InChI=1S/C21H21Br2NO4/c1-3-12(2)20(15-10-27-18-7-5-4-6-14(15)18)24-13-8-16(22)21(17(23)9-13)28-11-19(25)26/h4-10,12,20,24H,3,11H2,1-2H3,(H,25,26). The first-order valence-electron chi connectivity index (χ1n) is 8.97. The molecule has 1 aromatic heterocycles. The third kappa shape index (κ3) is 4.52. The summed E-state index contributed by atoms with van der Waals surface area (Å²) in [4.78, 5) is 10.8. The molecule has 2 aromatic carbocycles. The van der Waals surface area contributed by atoms with Crippen molar-refractivity contribution < 1.29 is 19.1 Å². The number of benzene rings is 2. The zero-order valence-corrected chi connectivity index (χ0v) is 18.7. The Labute approximate surface area is 180 Å². The monoisotopic (exact) mass is 509 g/mol. The van der Waals surface area contributed by atoms with Crippen LogP contribution in [0.3, 0.4) is 0 Å². The number of fused-ring (bicyclic) bond motifs is 1. The Hall–Kier alpha value is -1.99. The quantitative estimate of drug-likeness (QED) is 0.356. The molecule has 3 rings (SSSR count). The zero-order chi connectivity index (χ0) is 20.3. The van der Waals surface area contributed by atoms with Gasteiger partial charge >= 0.3 is 5.97 Å². The number of rotatable bonds is 8. The Kier molecular flexibility index (Phi) is 6.67. The highest BCUT2D eigenvalue weighted by Crippen LogP contribution is 2.40. The third-order valence-corrected chi connectivity index (χ3v) is 5.90. The molecule has 28 heavy (non-hydrogen) atoms. The van der Waals surface area contributed by atoms with E-state index in [9.17, 15) is 4.79 Å².